The number of nitrogens with zero attached hydrogens (tertiary/aromatic N) is 2. The van der Waals surface area contributed by atoms with Gasteiger partial charge in [-0.15, -0.1) is 24.0 Å². The van der Waals surface area contributed by atoms with Crippen LogP contribution in [0.1, 0.15) is 44.7 Å². The molecule has 1 saturated heterocycles. The summed E-state index contributed by atoms with van der Waals surface area (Å²) in [5.41, 5.74) is 2.72. The van der Waals surface area contributed by atoms with Gasteiger partial charge in [0.2, 0.25) is 0 Å². The van der Waals surface area contributed by atoms with E-state index < -0.39 is 10.8 Å². The molecule has 7 heteroatoms. The maximum absolute atomic E-state index is 12.1. The first-order valence-electron chi connectivity index (χ1n) is 9.91. The molecule has 0 radical (unpaired) electrons. The summed E-state index contributed by atoms with van der Waals surface area (Å²) in [5, 5.41) is 6.83. The Kier molecular flexibility index (Phi) is 11.0. The third-order valence-electron chi connectivity index (χ3n) is 4.90. The van der Waals surface area contributed by atoms with E-state index in [2.05, 4.69) is 51.7 Å². The minimum atomic E-state index is -0.840. The second-order valence-electron chi connectivity index (χ2n) is 8.34. The lowest BCUT2D eigenvalue weighted by atomic mass is 10.0. The topological polar surface area (TPSA) is 56.7 Å². The average molecular weight is 521 g/mol. The molecule has 1 aliphatic rings. The van der Waals surface area contributed by atoms with Crippen LogP contribution in [-0.4, -0.2) is 58.3 Å². The van der Waals surface area contributed by atoms with Crippen LogP contribution < -0.4 is 10.6 Å². The van der Waals surface area contributed by atoms with Gasteiger partial charge in [-0.05, 0) is 46.1 Å². The van der Waals surface area contributed by atoms with Crippen molar-refractivity contribution in [3.05, 3.63) is 35.4 Å². The maximum Gasteiger partial charge on any atom is 0.191 e. The zero-order valence-electron chi connectivity index (χ0n) is 18.0. The Hall–Kier alpha value is -0.670. The Morgan fingerprint density at radius 2 is 1.96 bits per heavy atom. The minimum Gasteiger partial charge on any atom is -0.355 e. The molecule has 1 heterocycles. The van der Waals surface area contributed by atoms with Crippen LogP contribution in [0.15, 0.2) is 29.3 Å². The number of nitrogens with one attached hydrogen (secondary N) is 2. The molecular weight excluding hydrogens is 483 g/mol. The van der Waals surface area contributed by atoms with Gasteiger partial charge in [0, 0.05) is 60.6 Å². The highest BCUT2D eigenvalue weighted by Gasteiger charge is 2.21. The Balaban J connectivity index is 0.00000392. The van der Waals surface area contributed by atoms with Gasteiger partial charge in [0.05, 0.1) is 0 Å². The lowest BCUT2D eigenvalue weighted by Gasteiger charge is -2.33. The van der Waals surface area contributed by atoms with Crippen LogP contribution in [0.3, 0.4) is 0 Å². The SMILES string of the molecule is CN=C(NCCS(=O)C(C)(C)C)NC1CCN(Cc2cccc(C)c2)CC1.I. The van der Waals surface area contributed by atoms with E-state index in [1.165, 1.54) is 11.1 Å². The summed E-state index contributed by atoms with van der Waals surface area (Å²) in [5.74, 6) is 1.46. The van der Waals surface area contributed by atoms with E-state index in [-0.39, 0.29) is 28.7 Å². The Bertz CT molecular complexity index is 652. The van der Waals surface area contributed by atoms with Crippen molar-refractivity contribution in [3.8, 4) is 0 Å². The number of hydrogen-bond donors (Lipinski definition) is 2. The number of benzene rings is 1. The highest BCUT2D eigenvalue weighted by molar-refractivity contribution is 14.0. The predicted octanol–water partition coefficient (Wildman–Crippen LogP) is 3.29. The fourth-order valence-electron chi connectivity index (χ4n) is 3.26. The van der Waals surface area contributed by atoms with Gasteiger partial charge < -0.3 is 10.6 Å². The van der Waals surface area contributed by atoms with Gasteiger partial charge in [-0.1, -0.05) is 29.8 Å². The molecule has 1 aromatic rings. The van der Waals surface area contributed by atoms with Crippen LogP contribution in [-0.2, 0) is 17.3 Å². The Labute approximate surface area is 190 Å². The summed E-state index contributed by atoms with van der Waals surface area (Å²) >= 11 is 0. The number of aryl methyl sites for hydroxylation is 1. The smallest absolute Gasteiger partial charge is 0.191 e. The van der Waals surface area contributed by atoms with E-state index in [4.69, 9.17) is 0 Å². The lowest BCUT2D eigenvalue weighted by Crippen LogP contribution is -2.49. The minimum absolute atomic E-state index is 0. The standard InChI is InChI=1S/C21H36N4OS.HI/c1-17-7-6-8-18(15-17)16-25-12-9-19(10-13-25)24-20(22-5)23-11-14-27(26)21(2,3)4;/h6-8,15,19H,9-14,16H2,1-5H3,(H2,22,23,24);1H. The number of piperidine rings is 1. The first kappa shape index (κ1) is 25.4. The number of aliphatic imine (C=N–C) groups is 1. The summed E-state index contributed by atoms with van der Waals surface area (Å²) in [4.78, 5) is 6.84. The highest BCUT2D eigenvalue weighted by Crippen LogP contribution is 2.15. The van der Waals surface area contributed by atoms with E-state index in [1.807, 2.05) is 20.8 Å². The van der Waals surface area contributed by atoms with Crippen LogP contribution in [0.5, 0.6) is 0 Å². The second-order valence-corrected chi connectivity index (χ2v) is 10.7. The van der Waals surface area contributed by atoms with Crippen molar-refractivity contribution in [3.63, 3.8) is 0 Å². The van der Waals surface area contributed by atoms with Gasteiger partial charge in [-0.2, -0.15) is 0 Å². The number of halogens is 1. The summed E-state index contributed by atoms with van der Waals surface area (Å²) in [7, 11) is 0.954. The van der Waals surface area contributed by atoms with E-state index in [0.29, 0.717) is 18.3 Å². The van der Waals surface area contributed by atoms with Gasteiger partial charge in [-0.25, -0.2) is 0 Å². The maximum atomic E-state index is 12.1. The molecule has 1 fully saturated rings. The highest BCUT2D eigenvalue weighted by atomic mass is 127. The first-order chi connectivity index (χ1) is 12.8. The summed E-state index contributed by atoms with van der Waals surface area (Å²) in [6, 6.07) is 9.22. The fraction of sp³-hybridized carbons (Fsp3) is 0.667. The molecule has 2 N–H and O–H groups in total. The van der Waals surface area contributed by atoms with Crippen LogP contribution in [0.4, 0.5) is 0 Å². The van der Waals surface area contributed by atoms with Gasteiger partial charge in [0.15, 0.2) is 5.96 Å². The van der Waals surface area contributed by atoms with Gasteiger partial charge in [-0.3, -0.25) is 14.1 Å². The largest absolute Gasteiger partial charge is 0.355 e. The number of hydrogen-bond acceptors (Lipinski definition) is 3. The quantitative estimate of drug-likeness (QED) is 0.344. The summed E-state index contributed by atoms with van der Waals surface area (Å²) < 4.78 is 12.0. The van der Waals surface area contributed by atoms with E-state index in [0.717, 1.165) is 38.4 Å². The monoisotopic (exact) mass is 520 g/mol. The normalized spacial score (nSPS) is 17.7. The molecule has 1 atom stereocenters. The zero-order chi connectivity index (χ0) is 19.9. The van der Waals surface area contributed by atoms with Crippen molar-refractivity contribution < 1.29 is 4.21 Å². The fourth-order valence-corrected chi connectivity index (χ4v) is 4.16. The molecule has 0 spiro atoms. The van der Waals surface area contributed by atoms with Crippen molar-refractivity contribution >= 4 is 40.7 Å². The van der Waals surface area contributed by atoms with Crippen LogP contribution in [0.25, 0.3) is 0 Å². The van der Waals surface area contributed by atoms with Gasteiger partial charge >= 0.3 is 0 Å². The molecule has 28 heavy (non-hydrogen) atoms. The second kappa shape index (κ2) is 12.1. The van der Waals surface area contributed by atoms with Crippen LogP contribution in [0, 0.1) is 6.92 Å². The molecule has 1 aromatic carbocycles. The Morgan fingerprint density at radius 3 is 2.54 bits per heavy atom. The van der Waals surface area contributed by atoms with Crippen LogP contribution >= 0.6 is 24.0 Å². The van der Waals surface area contributed by atoms with Crippen molar-refractivity contribution in [1.82, 2.24) is 15.5 Å². The third kappa shape index (κ3) is 8.78. The van der Waals surface area contributed by atoms with Crippen molar-refractivity contribution in [2.45, 2.75) is 57.9 Å². The van der Waals surface area contributed by atoms with Crippen molar-refractivity contribution in [2.24, 2.45) is 4.99 Å². The molecule has 160 valence electrons. The number of likely N-dealkylation sites (tertiary alicyclic amines) is 1. The van der Waals surface area contributed by atoms with Crippen LogP contribution in [0.2, 0.25) is 0 Å². The summed E-state index contributed by atoms with van der Waals surface area (Å²) in [6.45, 7) is 12.1. The van der Waals surface area contributed by atoms with Crippen molar-refractivity contribution in [2.75, 3.05) is 32.4 Å². The molecule has 1 unspecified atom stereocenters. The number of guanidine groups is 1. The molecule has 0 bridgehead atoms. The van der Waals surface area contributed by atoms with E-state index >= 15 is 0 Å². The van der Waals surface area contributed by atoms with Gasteiger partial charge in [0.1, 0.15) is 0 Å². The first-order valence-corrected chi connectivity index (χ1v) is 11.2. The molecule has 5 nitrogen and oxygen atoms in total. The summed E-state index contributed by atoms with van der Waals surface area (Å²) in [6.07, 6.45) is 2.22. The molecule has 1 aliphatic heterocycles. The molecule has 0 aliphatic carbocycles. The van der Waals surface area contributed by atoms with E-state index in [1.54, 1.807) is 7.05 Å². The third-order valence-corrected chi connectivity index (χ3v) is 6.84. The zero-order valence-corrected chi connectivity index (χ0v) is 21.1. The average Bonchev–Trinajstić information content (AvgIpc) is 2.61. The molecule has 0 amide bonds. The Morgan fingerprint density at radius 1 is 1.29 bits per heavy atom. The molecule has 0 saturated carbocycles. The lowest BCUT2D eigenvalue weighted by molar-refractivity contribution is 0.198. The van der Waals surface area contributed by atoms with Crippen molar-refractivity contribution in [1.29, 1.82) is 0 Å². The van der Waals surface area contributed by atoms with Gasteiger partial charge in [0.25, 0.3) is 0 Å². The predicted molar refractivity (Wildman–Crippen MR) is 132 cm³/mol. The molecular formula is C21H37IN4OS. The molecule has 0 aromatic heterocycles. The molecule has 2 rings (SSSR count). The van der Waals surface area contributed by atoms with E-state index in [9.17, 15) is 4.21 Å². The number of rotatable bonds is 6.